The van der Waals surface area contributed by atoms with Crippen LogP contribution in [0.1, 0.15) is 25.3 Å². The lowest BCUT2D eigenvalue weighted by atomic mass is 10.0. The van der Waals surface area contributed by atoms with Gasteiger partial charge in [0.1, 0.15) is 0 Å². The maximum Gasteiger partial charge on any atom is 0.307 e. The van der Waals surface area contributed by atoms with E-state index in [4.69, 9.17) is 28.3 Å². The molecule has 1 aromatic rings. The molecule has 86 valence electrons. The lowest BCUT2D eigenvalue weighted by Gasteiger charge is -2.07. The van der Waals surface area contributed by atoms with E-state index in [0.717, 1.165) is 17.6 Å². The first-order valence-electron chi connectivity index (χ1n) is 4.90. The van der Waals surface area contributed by atoms with Crippen molar-refractivity contribution in [2.45, 2.75) is 19.8 Å². The molecule has 0 aliphatic rings. The minimum atomic E-state index is -0.851. The maximum absolute atomic E-state index is 10.5. The minimum Gasteiger partial charge on any atom is -0.481 e. The van der Waals surface area contributed by atoms with Crippen molar-refractivity contribution in [3.8, 4) is 0 Å². The van der Waals surface area contributed by atoms with Gasteiger partial charge in [-0.25, -0.2) is 0 Å². The number of benzene rings is 1. The molecule has 1 N–H and O–H groups in total. The first kappa shape index (κ1) is 13.1. The van der Waals surface area contributed by atoms with E-state index in [-0.39, 0.29) is 6.42 Å². The van der Waals surface area contributed by atoms with Crippen LogP contribution in [0.4, 0.5) is 0 Å². The second-order valence-electron chi connectivity index (χ2n) is 3.30. The fourth-order valence-corrected chi connectivity index (χ4v) is 1.94. The van der Waals surface area contributed by atoms with Crippen LogP contribution in [-0.4, -0.2) is 11.1 Å². The largest absolute Gasteiger partial charge is 0.481 e. The van der Waals surface area contributed by atoms with Gasteiger partial charge in [0, 0.05) is 10.0 Å². The number of carboxylic acids is 1. The second-order valence-corrected chi connectivity index (χ2v) is 4.15. The summed E-state index contributed by atoms with van der Waals surface area (Å²) in [4.78, 5) is 10.5. The van der Waals surface area contributed by atoms with Crippen molar-refractivity contribution in [3.63, 3.8) is 0 Å². The van der Waals surface area contributed by atoms with E-state index in [0.29, 0.717) is 10.0 Å². The third-order valence-corrected chi connectivity index (χ3v) is 2.73. The predicted octanol–water partition coefficient (Wildman–Crippen LogP) is 4.26. The molecule has 0 aromatic heterocycles. The van der Waals surface area contributed by atoms with Gasteiger partial charge >= 0.3 is 5.97 Å². The van der Waals surface area contributed by atoms with E-state index in [9.17, 15) is 4.79 Å². The smallest absolute Gasteiger partial charge is 0.307 e. The minimum absolute atomic E-state index is 0.00211. The van der Waals surface area contributed by atoms with Crippen molar-refractivity contribution in [2.75, 3.05) is 0 Å². The van der Waals surface area contributed by atoms with Crippen molar-refractivity contribution in [1.29, 1.82) is 0 Å². The Kier molecular flexibility index (Phi) is 4.84. The fourth-order valence-electron chi connectivity index (χ4n) is 1.41. The highest BCUT2D eigenvalue weighted by Crippen LogP contribution is 2.28. The summed E-state index contributed by atoms with van der Waals surface area (Å²) in [5.41, 5.74) is 1.76. The van der Waals surface area contributed by atoms with Crippen molar-refractivity contribution < 1.29 is 9.90 Å². The second kappa shape index (κ2) is 5.92. The number of carboxylic acid groups (broad SMARTS) is 1. The highest BCUT2D eigenvalue weighted by Gasteiger charge is 2.06. The monoisotopic (exact) mass is 258 g/mol. The number of hydrogen-bond donors (Lipinski definition) is 1. The summed E-state index contributed by atoms with van der Waals surface area (Å²) in [5.74, 6) is -0.851. The molecule has 0 amide bonds. The summed E-state index contributed by atoms with van der Waals surface area (Å²) in [7, 11) is 0. The molecule has 2 nitrogen and oxygen atoms in total. The van der Waals surface area contributed by atoms with Crippen molar-refractivity contribution in [1.82, 2.24) is 0 Å². The Bertz CT molecular complexity index is 425. The molecule has 1 aromatic carbocycles. The molecule has 0 bridgehead atoms. The van der Waals surface area contributed by atoms with Gasteiger partial charge in [-0.2, -0.15) is 0 Å². The van der Waals surface area contributed by atoms with Crippen LogP contribution in [0.3, 0.4) is 0 Å². The van der Waals surface area contributed by atoms with E-state index in [2.05, 4.69) is 0 Å². The molecule has 0 fully saturated rings. The van der Waals surface area contributed by atoms with Crippen LogP contribution >= 0.6 is 23.2 Å². The molecule has 0 atom stereocenters. The van der Waals surface area contributed by atoms with Crippen LogP contribution < -0.4 is 0 Å². The number of aliphatic carboxylic acids is 1. The summed E-state index contributed by atoms with van der Waals surface area (Å²) in [6, 6.07) is 5.21. The molecule has 1 rings (SSSR count). The van der Waals surface area contributed by atoms with Gasteiger partial charge in [0.15, 0.2) is 0 Å². The zero-order chi connectivity index (χ0) is 12.1. The zero-order valence-electron chi connectivity index (χ0n) is 8.84. The first-order valence-corrected chi connectivity index (χ1v) is 5.66. The number of carbonyl (C=O) groups is 1. The Balaban J connectivity index is 3.04. The summed E-state index contributed by atoms with van der Waals surface area (Å²) in [6.45, 7) is 1.96. The SMILES string of the molecule is CC/C(=C\CC(=O)O)c1ccc(Cl)cc1Cl. The van der Waals surface area contributed by atoms with Crippen LogP contribution in [0.2, 0.25) is 10.0 Å². The van der Waals surface area contributed by atoms with E-state index >= 15 is 0 Å². The molecule has 16 heavy (non-hydrogen) atoms. The van der Waals surface area contributed by atoms with Gasteiger partial charge in [-0.3, -0.25) is 4.79 Å². The number of hydrogen-bond acceptors (Lipinski definition) is 1. The van der Waals surface area contributed by atoms with Crippen LogP contribution in [0.25, 0.3) is 5.57 Å². The lowest BCUT2D eigenvalue weighted by molar-refractivity contribution is -0.135. The first-order chi connectivity index (χ1) is 7.54. The summed E-state index contributed by atoms with van der Waals surface area (Å²) in [6.07, 6.45) is 2.41. The van der Waals surface area contributed by atoms with E-state index < -0.39 is 5.97 Å². The Morgan fingerprint density at radius 3 is 2.62 bits per heavy atom. The topological polar surface area (TPSA) is 37.3 Å². The molecule has 0 radical (unpaired) electrons. The summed E-state index contributed by atoms with van der Waals surface area (Å²) in [5, 5.41) is 9.74. The van der Waals surface area contributed by atoms with E-state index in [1.165, 1.54) is 0 Å². The summed E-state index contributed by atoms with van der Waals surface area (Å²) < 4.78 is 0. The van der Waals surface area contributed by atoms with Gasteiger partial charge in [0.05, 0.1) is 6.42 Å². The van der Waals surface area contributed by atoms with Crippen LogP contribution in [0.15, 0.2) is 24.3 Å². The third kappa shape index (κ3) is 3.54. The molecule has 0 aliphatic heterocycles. The van der Waals surface area contributed by atoms with E-state index in [1.54, 1.807) is 18.2 Å². The molecule has 0 spiro atoms. The molecule has 0 heterocycles. The standard InChI is InChI=1S/C12H12Cl2O2/c1-2-8(3-6-12(15)16)10-5-4-9(13)7-11(10)14/h3-5,7H,2,6H2,1H3,(H,15,16)/b8-3+. The van der Waals surface area contributed by atoms with Crippen LogP contribution in [-0.2, 0) is 4.79 Å². The molecular weight excluding hydrogens is 247 g/mol. The Labute approximate surface area is 104 Å². The predicted molar refractivity (Wildman–Crippen MR) is 67.0 cm³/mol. The zero-order valence-corrected chi connectivity index (χ0v) is 10.3. The highest BCUT2D eigenvalue weighted by molar-refractivity contribution is 6.35. The average Bonchev–Trinajstić information content (AvgIpc) is 2.21. The van der Waals surface area contributed by atoms with Gasteiger partial charge in [-0.05, 0) is 29.7 Å². The molecule has 0 aliphatic carbocycles. The number of halogens is 2. The van der Waals surface area contributed by atoms with Crippen molar-refractivity contribution >= 4 is 34.7 Å². The van der Waals surface area contributed by atoms with Gasteiger partial charge in [-0.15, -0.1) is 0 Å². The van der Waals surface area contributed by atoms with Crippen LogP contribution in [0.5, 0.6) is 0 Å². The molecule has 0 saturated carbocycles. The number of rotatable bonds is 4. The molecule has 4 heteroatoms. The van der Waals surface area contributed by atoms with Gasteiger partial charge < -0.3 is 5.11 Å². The maximum atomic E-state index is 10.5. The molecule has 0 saturated heterocycles. The lowest BCUT2D eigenvalue weighted by Crippen LogP contribution is -1.93. The van der Waals surface area contributed by atoms with Crippen LogP contribution in [0, 0.1) is 0 Å². The molecular formula is C12H12Cl2O2. The Morgan fingerprint density at radius 2 is 2.12 bits per heavy atom. The van der Waals surface area contributed by atoms with Crippen molar-refractivity contribution in [3.05, 3.63) is 39.9 Å². The fraction of sp³-hybridized carbons (Fsp3) is 0.250. The van der Waals surface area contributed by atoms with Crippen molar-refractivity contribution in [2.24, 2.45) is 0 Å². The average molecular weight is 259 g/mol. The quantitative estimate of drug-likeness (QED) is 0.877. The van der Waals surface area contributed by atoms with Gasteiger partial charge in [0.2, 0.25) is 0 Å². The van der Waals surface area contributed by atoms with Gasteiger partial charge in [-0.1, -0.05) is 42.3 Å². The summed E-state index contributed by atoms with van der Waals surface area (Å²) >= 11 is 11.8. The van der Waals surface area contributed by atoms with E-state index in [1.807, 2.05) is 13.0 Å². The normalized spacial score (nSPS) is 11.6. The Hall–Kier alpha value is -0.990. The molecule has 0 unspecified atom stereocenters. The van der Waals surface area contributed by atoms with Gasteiger partial charge in [0.25, 0.3) is 0 Å². The number of allylic oxidation sites excluding steroid dienone is 1. The highest BCUT2D eigenvalue weighted by atomic mass is 35.5. The third-order valence-electron chi connectivity index (χ3n) is 2.18. The Morgan fingerprint density at radius 1 is 1.44 bits per heavy atom.